The maximum absolute atomic E-state index is 12.7. The van der Waals surface area contributed by atoms with Gasteiger partial charge in [0.15, 0.2) is 0 Å². The van der Waals surface area contributed by atoms with Crippen molar-refractivity contribution in [2.75, 3.05) is 10.0 Å². The van der Waals surface area contributed by atoms with Crippen LogP contribution in [-0.4, -0.2) is 19.3 Å². The van der Waals surface area contributed by atoms with Crippen molar-refractivity contribution in [1.82, 2.24) is 4.98 Å². The van der Waals surface area contributed by atoms with Crippen LogP contribution in [0.25, 0.3) is 10.9 Å². The van der Waals surface area contributed by atoms with E-state index in [1.165, 1.54) is 31.2 Å². The molecule has 1 aromatic heterocycles. The van der Waals surface area contributed by atoms with Gasteiger partial charge in [0.1, 0.15) is 4.90 Å². The highest BCUT2D eigenvalue weighted by molar-refractivity contribution is 7.93. The third kappa shape index (κ3) is 3.72. The number of fused-ring (bicyclic) bond motifs is 1. The van der Waals surface area contributed by atoms with Crippen molar-refractivity contribution in [1.29, 1.82) is 0 Å². The second-order valence-electron chi connectivity index (χ2n) is 5.31. The molecule has 6 nitrogen and oxygen atoms in total. The summed E-state index contributed by atoms with van der Waals surface area (Å²) in [7, 11) is -3.85. The van der Waals surface area contributed by atoms with Crippen molar-refractivity contribution in [2.45, 2.75) is 11.8 Å². The number of benzene rings is 2. The van der Waals surface area contributed by atoms with Gasteiger partial charge >= 0.3 is 0 Å². The molecule has 0 saturated carbocycles. The van der Waals surface area contributed by atoms with Crippen molar-refractivity contribution in [3.8, 4) is 0 Å². The zero-order valence-electron chi connectivity index (χ0n) is 13.2. The maximum atomic E-state index is 12.7. The Kier molecular flexibility index (Phi) is 4.61. The molecule has 0 saturated heterocycles. The zero-order valence-corrected chi connectivity index (χ0v) is 14.7. The Labute approximate surface area is 149 Å². The summed E-state index contributed by atoms with van der Waals surface area (Å²) in [5.41, 5.74) is 1.08. The Morgan fingerprint density at radius 1 is 1.12 bits per heavy atom. The summed E-state index contributed by atoms with van der Waals surface area (Å²) in [5, 5.41) is 3.52. The molecule has 0 unspecified atom stereocenters. The molecule has 1 amide bonds. The van der Waals surface area contributed by atoms with Gasteiger partial charge in [0.05, 0.1) is 21.9 Å². The Morgan fingerprint density at radius 3 is 2.60 bits per heavy atom. The van der Waals surface area contributed by atoms with Gasteiger partial charge in [0.25, 0.3) is 10.0 Å². The molecule has 0 fully saturated rings. The topological polar surface area (TPSA) is 88.2 Å². The monoisotopic (exact) mass is 375 g/mol. The first-order valence-electron chi connectivity index (χ1n) is 7.30. The molecule has 128 valence electrons. The van der Waals surface area contributed by atoms with Crippen molar-refractivity contribution in [2.24, 2.45) is 0 Å². The molecule has 3 rings (SSSR count). The van der Waals surface area contributed by atoms with Crippen molar-refractivity contribution in [3.05, 3.63) is 59.8 Å². The lowest BCUT2D eigenvalue weighted by Crippen LogP contribution is -2.14. The number of nitrogens with one attached hydrogen (secondary N) is 2. The molecule has 2 N–H and O–H groups in total. The fourth-order valence-electron chi connectivity index (χ4n) is 2.37. The molecule has 0 bridgehead atoms. The van der Waals surface area contributed by atoms with Gasteiger partial charge in [-0.2, -0.15) is 0 Å². The van der Waals surface area contributed by atoms with E-state index in [-0.39, 0.29) is 21.5 Å². The van der Waals surface area contributed by atoms with Gasteiger partial charge in [-0.3, -0.25) is 14.5 Å². The number of para-hydroxylation sites is 1. The first kappa shape index (κ1) is 17.2. The van der Waals surface area contributed by atoms with E-state index in [1.807, 2.05) is 0 Å². The number of anilines is 2. The summed E-state index contributed by atoms with van der Waals surface area (Å²) in [6.07, 6.45) is 1.54. The van der Waals surface area contributed by atoms with Crippen LogP contribution in [0.4, 0.5) is 11.4 Å². The molecule has 0 radical (unpaired) electrons. The summed E-state index contributed by atoms with van der Waals surface area (Å²) in [5.74, 6) is -0.267. The zero-order chi connectivity index (χ0) is 18.0. The van der Waals surface area contributed by atoms with Crippen LogP contribution in [-0.2, 0) is 14.8 Å². The van der Waals surface area contributed by atoms with Gasteiger partial charge in [-0.15, -0.1) is 0 Å². The highest BCUT2D eigenvalue weighted by Gasteiger charge is 2.18. The average Bonchev–Trinajstić information content (AvgIpc) is 2.56. The minimum Gasteiger partial charge on any atom is -0.325 e. The van der Waals surface area contributed by atoms with Crippen LogP contribution < -0.4 is 10.0 Å². The Morgan fingerprint density at radius 2 is 1.88 bits per heavy atom. The number of aromatic nitrogens is 1. The average molecular weight is 376 g/mol. The van der Waals surface area contributed by atoms with E-state index in [9.17, 15) is 13.2 Å². The minimum absolute atomic E-state index is 0.0765. The van der Waals surface area contributed by atoms with Gasteiger partial charge < -0.3 is 5.32 Å². The summed E-state index contributed by atoms with van der Waals surface area (Å²) < 4.78 is 27.9. The predicted molar refractivity (Wildman–Crippen MR) is 98.3 cm³/mol. The lowest BCUT2D eigenvalue weighted by atomic mass is 10.2. The van der Waals surface area contributed by atoms with E-state index in [4.69, 9.17) is 11.6 Å². The van der Waals surface area contributed by atoms with E-state index in [0.717, 1.165) is 5.39 Å². The van der Waals surface area contributed by atoms with Gasteiger partial charge in [0, 0.05) is 18.5 Å². The number of nitrogens with zero attached hydrogens (tertiary/aromatic N) is 1. The molecule has 1 heterocycles. The third-order valence-electron chi connectivity index (χ3n) is 3.42. The molecule has 3 aromatic rings. The van der Waals surface area contributed by atoms with Crippen molar-refractivity contribution >= 4 is 49.8 Å². The molecule has 0 spiro atoms. The summed E-state index contributed by atoms with van der Waals surface area (Å²) in [6, 6.07) is 13.0. The van der Waals surface area contributed by atoms with Crippen LogP contribution in [0.1, 0.15) is 6.92 Å². The van der Waals surface area contributed by atoms with Crippen LogP contribution in [0.5, 0.6) is 0 Å². The number of halogens is 1. The third-order valence-corrected chi connectivity index (χ3v) is 5.14. The Hall–Kier alpha value is -2.64. The number of sulfonamides is 1. The van der Waals surface area contributed by atoms with E-state index in [0.29, 0.717) is 11.2 Å². The largest absolute Gasteiger partial charge is 0.325 e. The Balaban J connectivity index is 1.96. The lowest BCUT2D eigenvalue weighted by Gasteiger charge is -2.12. The minimum atomic E-state index is -3.85. The van der Waals surface area contributed by atoms with Gasteiger partial charge in [0.2, 0.25) is 5.91 Å². The molecule has 25 heavy (non-hydrogen) atoms. The van der Waals surface area contributed by atoms with E-state index in [1.54, 1.807) is 30.5 Å². The highest BCUT2D eigenvalue weighted by atomic mass is 35.5. The highest BCUT2D eigenvalue weighted by Crippen LogP contribution is 2.28. The van der Waals surface area contributed by atoms with Crippen molar-refractivity contribution < 1.29 is 13.2 Å². The Bertz CT molecular complexity index is 1060. The first-order chi connectivity index (χ1) is 11.9. The van der Waals surface area contributed by atoms with Gasteiger partial charge in [-0.05, 0) is 30.3 Å². The molecule has 0 aliphatic heterocycles. The number of hydrogen-bond donors (Lipinski definition) is 2. The summed E-state index contributed by atoms with van der Waals surface area (Å²) in [6.45, 7) is 1.36. The normalized spacial score (nSPS) is 11.3. The molecule has 8 heteroatoms. The second-order valence-corrected chi connectivity index (χ2v) is 7.37. The van der Waals surface area contributed by atoms with E-state index < -0.39 is 10.0 Å². The summed E-state index contributed by atoms with van der Waals surface area (Å²) in [4.78, 5) is 15.3. The maximum Gasteiger partial charge on any atom is 0.264 e. The summed E-state index contributed by atoms with van der Waals surface area (Å²) >= 11 is 6.08. The van der Waals surface area contributed by atoms with Crippen LogP contribution in [0, 0.1) is 0 Å². The quantitative estimate of drug-likeness (QED) is 0.728. The number of carbonyl (C=O) groups is 1. The van der Waals surface area contributed by atoms with E-state index >= 15 is 0 Å². The van der Waals surface area contributed by atoms with Gasteiger partial charge in [-0.1, -0.05) is 29.8 Å². The molecule has 2 aromatic carbocycles. The van der Waals surface area contributed by atoms with Crippen molar-refractivity contribution in [3.63, 3.8) is 0 Å². The van der Waals surface area contributed by atoms with Crippen LogP contribution in [0.3, 0.4) is 0 Å². The predicted octanol–water partition coefficient (Wildman–Crippen LogP) is 3.65. The number of hydrogen-bond acceptors (Lipinski definition) is 4. The smallest absolute Gasteiger partial charge is 0.264 e. The number of rotatable bonds is 4. The fourth-order valence-corrected chi connectivity index (χ4v) is 3.83. The molecule has 0 aliphatic rings. The van der Waals surface area contributed by atoms with Crippen LogP contribution >= 0.6 is 11.6 Å². The number of amides is 1. The first-order valence-corrected chi connectivity index (χ1v) is 9.17. The van der Waals surface area contributed by atoms with E-state index in [2.05, 4.69) is 15.0 Å². The van der Waals surface area contributed by atoms with Crippen LogP contribution in [0.15, 0.2) is 59.6 Å². The fraction of sp³-hybridized carbons (Fsp3) is 0.0588. The molecule has 0 atom stereocenters. The molecule has 0 aliphatic carbocycles. The second kappa shape index (κ2) is 6.70. The van der Waals surface area contributed by atoms with Gasteiger partial charge in [-0.25, -0.2) is 8.42 Å². The number of pyridine rings is 1. The number of carbonyl (C=O) groups excluding carboxylic acids is 1. The molecular formula is C17H14ClN3O3S. The standard InChI is InChI=1S/C17H14ClN3O3S/c1-11(22)20-15-8-7-13(10-14(15)18)21-25(23,24)16-6-2-4-12-5-3-9-19-17(12)16/h2-10,21H,1H3,(H,20,22). The molecular weight excluding hydrogens is 362 g/mol. The van der Waals surface area contributed by atoms with Crippen LogP contribution in [0.2, 0.25) is 5.02 Å². The lowest BCUT2D eigenvalue weighted by molar-refractivity contribution is -0.114. The SMILES string of the molecule is CC(=O)Nc1ccc(NS(=O)(=O)c2cccc3cccnc23)cc1Cl.